The average molecular weight is 308 g/mol. The molecule has 120 valence electrons. The van der Waals surface area contributed by atoms with Crippen molar-refractivity contribution < 1.29 is 0 Å². The maximum atomic E-state index is 3.74. The van der Waals surface area contributed by atoms with Gasteiger partial charge in [0.2, 0.25) is 0 Å². The van der Waals surface area contributed by atoms with Crippen molar-refractivity contribution >= 4 is 11.3 Å². The molecule has 0 amide bonds. The molecule has 21 heavy (non-hydrogen) atoms. The third-order valence-corrected chi connectivity index (χ3v) is 6.33. The molecule has 1 aliphatic carbocycles. The second kappa shape index (κ2) is 7.78. The van der Waals surface area contributed by atoms with Gasteiger partial charge in [-0.1, -0.05) is 66.2 Å². The minimum Gasteiger partial charge on any atom is -0.310 e. The van der Waals surface area contributed by atoms with Crippen LogP contribution in [0.2, 0.25) is 0 Å². The van der Waals surface area contributed by atoms with Crippen molar-refractivity contribution in [3.63, 3.8) is 0 Å². The average Bonchev–Trinajstić information content (AvgIpc) is 2.78. The summed E-state index contributed by atoms with van der Waals surface area (Å²) in [5.74, 6) is 0.928. The lowest BCUT2D eigenvalue weighted by molar-refractivity contribution is 0.362. The Hall–Kier alpha value is -0.340. The quantitative estimate of drug-likeness (QED) is 0.652. The van der Waals surface area contributed by atoms with E-state index in [2.05, 4.69) is 45.1 Å². The number of nitrogens with one attached hydrogen (secondary N) is 1. The molecular formula is C19H33NS. The second-order valence-electron chi connectivity index (χ2n) is 7.66. The zero-order chi connectivity index (χ0) is 15.3. The summed E-state index contributed by atoms with van der Waals surface area (Å²) in [6, 6.07) is 5.28. The van der Waals surface area contributed by atoms with Gasteiger partial charge in [0.25, 0.3) is 0 Å². The summed E-state index contributed by atoms with van der Waals surface area (Å²) in [7, 11) is 0. The first-order chi connectivity index (χ1) is 10.0. The van der Waals surface area contributed by atoms with Crippen LogP contribution in [0, 0.1) is 5.92 Å². The van der Waals surface area contributed by atoms with Crippen molar-refractivity contribution in [2.24, 2.45) is 5.92 Å². The maximum absolute atomic E-state index is 3.74. The van der Waals surface area contributed by atoms with Crippen molar-refractivity contribution in [3.05, 3.63) is 21.9 Å². The van der Waals surface area contributed by atoms with Gasteiger partial charge in [-0.05, 0) is 36.4 Å². The van der Waals surface area contributed by atoms with Gasteiger partial charge in [0, 0.05) is 15.8 Å². The Labute approximate surface area is 135 Å². The summed E-state index contributed by atoms with van der Waals surface area (Å²) in [5, 5.41) is 3.74. The zero-order valence-corrected chi connectivity index (χ0v) is 15.2. The van der Waals surface area contributed by atoms with Crippen LogP contribution in [0.3, 0.4) is 0 Å². The third-order valence-electron chi connectivity index (χ3n) is 4.70. The lowest BCUT2D eigenvalue weighted by Gasteiger charge is -2.23. The summed E-state index contributed by atoms with van der Waals surface area (Å²) in [6.07, 6.45) is 10.0. The fraction of sp³-hybridized carbons (Fsp3) is 0.789. The fourth-order valence-corrected chi connectivity index (χ4v) is 4.58. The van der Waals surface area contributed by atoms with E-state index in [4.69, 9.17) is 0 Å². The number of rotatable bonds is 5. The van der Waals surface area contributed by atoms with Gasteiger partial charge in [0.15, 0.2) is 0 Å². The molecule has 1 atom stereocenters. The normalized spacial score (nSPS) is 19.4. The van der Waals surface area contributed by atoms with E-state index < -0.39 is 0 Å². The molecule has 0 bridgehead atoms. The van der Waals surface area contributed by atoms with E-state index in [1.165, 1.54) is 49.8 Å². The van der Waals surface area contributed by atoms with Crippen molar-refractivity contribution in [2.45, 2.75) is 84.1 Å². The first-order valence-electron chi connectivity index (χ1n) is 8.84. The van der Waals surface area contributed by atoms with Crippen LogP contribution in [0.4, 0.5) is 0 Å². The van der Waals surface area contributed by atoms with Crippen molar-refractivity contribution in [1.29, 1.82) is 0 Å². The molecule has 1 unspecified atom stereocenters. The first kappa shape index (κ1) is 17.0. The van der Waals surface area contributed by atoms with E-state index in [-0.39, 0.29) is 5.41 Å². The Bertz CT molecular complexity index is 407. The molecule has 1 aliphatic rings. The van der Waals surface area contributed by atoms with Crippen LogP contribution in [-0.4, -0.2) is 6.54 Å². The minimum atomic E-state index is 0.280. The Morgan fingerprint density at radius 1 is 1.14 bits per heavy atom. The standard InChI is InChI=1S/C19H33NS/c1-5-20-16(14-15-10-8-6-7-9-11-15)17-12-13-18(21-17)19(2,3)4/h12-13,15-16,20H,5-11,14H2,1-4H3. The van der Waals surface area contributed by atoms with Gasteiger partial charge in [-0.3, -0.25) is 0 Å². The van der Waals surface area contributed by atoms with Crippen LogP contribution < -0.4 is 5.32 Å². The summed E-state index contributed by atoms with van der Waals surface area (Å²) >= 11 is 2.02. The van der Waals surface area contributed by atoms with Gasteiger partial charge in [0.1, 0.15) is 0 Å². The molecule has 1 fully saturated rings. The topological polar surface area (TPSA) is 12.0 Å². The van der Waals surface area contributed by atoms with E-state index in [1.807, 2.05) is 11.3 Å². The van der Waals surface area contributed by atoms with Crippen LogP contribution in [0.1, 0.15) is 88.4 Å². The molecular weight excluding hydrogens is 274 g/mol. The molecule has 1 nitrogen and oxygen atoms in total. The highest BCUT2D eigenvalue weighted by Crippen LogP contribution is 2.36. The number of hydrogen-bond acceptors (Lipinski definition) is 2. The van der Waals surface area contributed by atoms with Crippen molar-refractivity contribution in [2.75, 3.05) is 6.54 Å². The lowest BCUT2D eigenvalue weighted by Crippen LogP contribution is -2.22. The second-order valence-corrected chi connectivity index (χ2v) is 8.77. The Morgan fingerprint density at radius 2 is 1.81 bits per heavy atom. The van der Waals surface area contributed by atoms with Crippen LogP contribution >= 0.6 is 11.3 Å². The van der Waals surface area contributed by atoms with Gasteiger partial charge in [-0.15, -0.1) is 11.3 Å². The Balaban J connectivity index is 2.05. The summed E-state index contributed by atoms with van der Waals surface area (Å²) < 4.78 is 0. The summed E-state index contributed by atoms with van der Waals surface area (Å²) in [5.41, 5.74) is 0.280. The molecule has 2 heteroatoms. The van der Waals surface area contributed by atoms with Crippen LogP contribution in [0.15, 0.2) is 12.1 Å². The molecule has 0 saturated heterocycles. The molecule has 1 heterocycles. The van der Waals surface area contributed by atoms with E-state index in [9.17, 15) is 0 Å². The molecule has 1 saturated carbocycles. The molecule has 0 aromatic carbocycles. The zero-order valence-electron chi connectivity index (χ0n) is 14.4. The SMILES string of the molecule is CCNC(CC1CCCCCC1)c1ccc(C(C)(C)C)s1. The van der Waals surface area contributed by atoms with Crippen LogP contribution in [0.5, 0.6) is 0 Å². The highest BCUT2D eigenvalue weighted by Gasteiger charge is 2.22. The van der Waals surface area contributed by atoms with E-state index in [1.54, 1.807) is 4.88 Å². The first-order valence-corrected chi connectivity index (χ1v) is 9.66. The Kier molecular flexibility index (Phi) is 6.31. The summed E-state index contributed by atoms with van der Waals surface area (Å²) in [6.45, 7) is 10.3. The van der Waals surface area contributed by atoms with Gasteiger partial charge in [-0.2, -0.15) is 0 Å². The van der Waals surface area contributed by atoms with Gasteiger partial charge in [-0.25, -0.2) is 0 Å². The smallest absolute Gasteiger partial charge is 0.0417 e. The van der Waals surface area contributed by atoms with E-state index in [0.717, 1.165) is 12.5 Å². The highest BCUT2D eigenvalue weighted by atomic mass is 32.1. The molecule has 2 rings (SSSR count). The number of hydrogen-bond donors (Lipinski definition) is 1. The highest BCUT2D eigenvalue weighted by molar-refractivity contribution is 7.12. The predicted octanol–water partition coefficient (Wildman–Crippen LogP) is 6.06. The van der Waals surface area contributed by atoms with E-state index >= 15 is 0 Å². The Morgan fingerprint density at radius 3 is 2.33 bits per heavy atom. The van der Waals surface area contributed by atoms with Crippen LogP contribution in [0.25, 0.3) is 0 Å². The molecule has 1 N–H and O–H groups in total. The largest absolute Gasteiger partial charge is 0.310 e. The van der Waals surface area contributed by atoms with Gasteiger partial charge >= 0.3 is 0 Å². The molecule has 0 radical (unpaired) electrons. The molecule has 1 aromatic heterocycles. The lowest BCUT2D eigenvalue weighted by atomic mass is 9.91. The minimum absolute atomic E-state index is 0.280. The fourth-order valence-electron chi connectivity index (χ4n) is 3.42. The summed E-state index contributed by atoms with van der Waals surface area (Å²) in [4.78, 5) is 3.06. The van der Waals surface area contributed by atoms with Crippen molar-refractivity contribution in [3.8, 4) is 0 Å². The number of thiophene rings is 1. The molecule has 0 spiro atoms. The van der Waals surface area contributed by atoms with E-state index in [0.29, 0.717) is 6.04 Å². The molecule has 1 aromatic rings. The van der Waals surface area contributed by atoms with Gasteiger partial charge in [0.05, 0.1) is 0 Å². The van der Waals surface area contributed by atoms with Crippen molar-refractivity contribution in [1.82, 2.24) is 5.32 Å². The third kappa shape index (κ3) is 5.10. The predicted molar refractivity (Wildman–Crippen MR) is 95.2 cm³/mol. The van der Waals surface area contributed by atoms with Gasteiger partial charge < -0.3 is 5.32 Å². The maximum Gasteiger partial charge on any atom is 0.0417 e. The molecule has 0 aliphatic heterocycles. The van der Waals surface area contributed by atoms with Crippen LogP contribution in [-0.2, 0) is 5.41 Å². The monoisotopic (exact) mass is 307 g/mol.